The van der Waals surface area contributed by atoms with E-state index in [1.165, 1.54) is 24.3 Å². The Morgan fingerprint density at radius 3 is 2.76 bits per heavy atom. The molecule has 1 aromatic carbocycles. The van der Waals surface area contributed by atoms with Gasteiger partial charge in [0.1, 0.15) is 13.2 Å². The molecular weight excluding hydrogens is 340 g/mol. The van der Waals surface area contributed by atoms with E-state index in [0.717, 1.165) is 0 Å². The van der Waals surface area contributed by atoms with Crippen LogP contribution in [0, 0.1) is 0 Å². The third-order valence-corrected chi connectivity index (χ3v) is 4.55. The molecular formula is C18H18N2O4S. The van der Waals surface area contributed by atoms with Crippen LogP contribution in [0.2, 0.25) is 0 Å². The molecule has 1 amide bonds. The zero-order valence-corrected chi connectivity index (χ0v) is 14.8. The largest absolute Gasteiger partial charge is 0.486 e. The Bertz CT molecular complexity index is 828. The maximum Gasteiger partial charge on any atom is 0.225 e. The van der Waals surface area contributed by atoms with Crippen molar-refractivity contribution in [3.05, 3.63) is 40.9 Å². The molecule has 130 valence electrons. The topological polar surface area (TPSA) is 68.7 Å². The van der Waals surface area contributed by atoms with Crippen molar-refractivity contribution in [1.82, 2.24) is 4.98 Å². The molecule has 0 saturated carbocycles. The standard InChI is InChI=1S/C18H18N2O4S/c1-3-20(12(2)21)18-19-14(11-25-18)5-6-15(22)13-4-7-16-17(10-13)24-9-8-23-16/h4-7,10-11H,3,8-9H2,1-2H3/b6-5+. The predicted molar refractivity (Wildman–Crippen MR) is 96.6 cm³/mol. The second-order valence-corrected chi connectivity index (χ2v) is 6.21. The molecule has 0 bridgehead atoms. The minimum absolute atomic E-state index is 0.0558. The third-order valence-electron chi connectivity index (χ3n) is 3.67. The number of hydrogen-bond donors (Lipinski definition) is 0. The molecule has 2 heterocycles. The van der Waals surface area contributed by atoms with Crippen molar-refractivity contribution in [3.63, 3.8) is 0 Å². The van der Waals surface area contributed by atoms with Crippen LogP contribution in [0.4, 0.5) is 5.13 Å². The number of ether oxygens (including phenoxy) is 2. The van der Waals surface area contributed by atoms with E-state index in [1.807, 2.05) is 12.3 Å². The Balaban J connectivity index is 1.73. The van der Waals surface area contributed by atoms with E-state index < -0.39 is 0 Å². The number of rotatable bonds is 5. The van der Waals surface area contributed by atoms with E-state index in [1.54, 1.807) is 29.2 Å². The second kappa shape index (κ2) is 7.48. The Morgan fingerprint density at radius 1 is 1.28 bits per heavy atom. The molecule has 0 aliphatic carbocycles. The summed E-state index contributed by atoms with van der Waals surface area (Å²) in [6, 6.07) is 5.13. The van der Waals surface area contributed by atoms with Gasteiger partial charge in [0.25, 0.3) is 0 Å². The summed E-state index contributed by atoms with van der Waals surface area (Å²) in [7, 11) is 0. The van der Waals surface area contributed by atoms with Gasteiger partial charge in [0.15, 0.2) is 22.4 Å². The number of allylic oxidation sites excluding steroid dienone is 1. The van der Waals surface area contributed by atoms with E-state index in [9.17, 15) is 9.59 Å². The van der Waals surface area contributed by atoms with Gasteiger partial charge in [0.2, 0.25) is 5.91 Å². The van der Waals surface area contributed by atoms with Crippen molar-refractivity contribution in [2.75, 3.05) is 24.7 Å². The number of ketones is 1. The van der Waals surface area contributed by atoms with Crippen LogP contribution in [-0.4, -0.2) is 36.4 Å². The fourth-order valence-corrected chi connectivity index (χ4v) is 3.32. The summed E-state index contributed by atoms with van der Waals surface area (Å²) in [4.78, 5) is 29.9. The summed E-state index contributed by atoms with van der Waals surface area (Å²) >= 11 is 1.37. The quantitative estimate of drug-likeness (QED) is 0.606. The predicted octanol–water partition coefficient (Wildman–Crippen LogP) is 3.18. The number of thiazole rings is 1. The van der Waals surface area contributed by atoms with Crippen LogP contribution in [0.25, 0.3) is 6.08 Å². The van der Waals surface area contributed by atoms with Gasteiger partial charge in [0.05, 0.1) is 5.69 Å². The van der Waals surface area contributed by atoms with Crippen LogP contribution < -0.4 is 14.4 Å². The summed E-state index contributed by atoms with van der Waals surface area (Å²) < 4.78 is 10.9. The molecule has 0 atom stereocenters. The number of anilines is 1. The van der Waals surface area contributed by atoms with E-state index in [-0.39, 0.29) is 11.7 Å². The molecule has 0 radical (unpaired) electrons. The Hall–Kier alpha value is -2.67. The fraction of sp³-hybridized carbons (Fsp3) is 0.278. The van der Waals surface area contributed by atoms with E-state index in [2.05, 4.69) is 4.98 Å². The first-order valence-corrected chi connectivity index (χ1v) is 8.82. The van der Waals surface area contributed by atoms with Crippen LogP contribution in [0.5, 0.6) is 11.5 Å². The van der Waals surface area contributed by atoms with E-state index >= 15 is 0 Å². The maximum atomic E-state index is 12.3. The van der Waals surface area contributed by atoms with Crippen LogP contribution in [0.1, 0.15) is 29.9 Å². The van der Waals surface area contributed by atoms with Gasteiger partial charge in [-0.3, -0.25) is 14.5 Å². The van der Waals surface area contributed by atoms with Gasteiger partial charge in [-0.15, -0.1) is 11.3 Å². The molecule has 0 N–H and O–H groups in total. The fourth-order valence-electron chi connectivity index (χ4n) is 2.42. The number of fused-ring (bicyclic) bond motifs is 1. The molecule has 2 aromatic rings. The molecule has 1 aliphatic rings. The average Bonchev–Trinajstić information content (AvgIpc) is 3.08. The van der Waals surface area contributed by atoms with E-state index in [0.29, 0.717) is 47.6 Å². The van der Waals surface area contributed by atoms with Crippen molar-refractivity contribution in [3.8, 4) is 11.5 Å². The summed E-state index contributed by atoms with van der Waals surface area (Å²) in [6.45, 7) is 4.95. The molecule has 3 rings (SSSR count). The molecule has 0 unspecified atom stereocenters. The number of hydrogen-bond acceptors (Lipinski definition) is 6. The van der Waals surface area contributed by atoms with Gasteiger partial charge < -0.3 is 9.47 Å². The SMILES string of the molecule is CCN(C(C)=O)c1nc(/C=C/C(=O)c2ccc3c(c2)OCCO3)cs1. The van der Waals surface area contributed by atoms with Gasteiger partial charge in [-0.2, -0.15) is 0 Å². The first-order valence-electron chi connectivity index (χ1n) is 7.94. The lowest BCUT2D eigenvalue weighted by molar-refractivity contribution is -0.116. The summed E-state index contributed by atoms with van der Waals surface area (Å²) in [5, 5.41) is 2.44. The Labute approximate surface area is 149 Å². The zero-order valence-electron chi connectivity index (χ0n) is 14.0. The normalized spacial score (nSPS) is 13.0. The first-order chi connectivity index (χ1) is 12.1. The lowest BCUT2D eigenvalue weighted by atomic mass is 10.1. The van der Waals surface area contributed by atoms with Gasteiger partial charge >= 0.3 is 0 Å². The summed E-state index contributed by atoms with van der Waals surface area (Å²) in [5.41, 5.74) is 1.17. The summed E-state index contributed by atoms with van der Waals surface area (Å²) in [5.74, 6) is 1.03. The highest BCUT2D eigenvalue weighted by Crippen LogP contribution is 2.31. The van der Waals surface area contributed by atoms with Crippen molar-refractivity contribution < 1.29 is 19.1 Å². The third kappa shape index (κ3) is 3.88. The van der Waals surface area contributed by atoms with Crippen LogP contribution in [-0.2, 0) is 4.79 Å². The number of carbonyl (C=O) groups is 2. The van der Waals surface area contributed by atoms with Crippen LogP contribution in [0.3, 0.4) is 0 Å². The maximum absolute atomic E-state index is 12.3. The molecule has 7 heteroatoms. The molecule has 0 saturated heterocycles. The number of amides is 1. The molecule has 1 aromatic heterocycles. The minimum atomic E-state index is -0.148. The van der Waals surface area contributed by atoms with Crippen molar-refractivity contribution in [1.29, 1.82) is 0 Å². The van der Waals surface area contributed by atoms with Crippen LogP contribution in [0.15, 0.2) is 29.7 Å². The highest BCUT2D eigenvalue weighted by molar-refractivity contribution is 7.14. The van der Waals surface area contributed by atoms with Crippen LogP contribution >= 0.6 is 11.3 Å². The minimum Gasteiger partial charge on any atom is -0.486 e. The lowest BCUT2D eigenvalue weighted by Gasteiger charge is -2.18. The van der Waals surface area contributed by atoms with Crippen molar-refractivity contribution in [2.45, 2.75) is 13.8 Å². The molecule has 0 spiro atoms. The lowest BCUT2D eigenvalue weighted by Crippen LogP contribution is -2.27. The molecule has 1 aliphatic heterocycles. The van der Waals surface area contributed by atoms with Gasteiger partial charge in [-0.1, -0.05) is 0 Å². The van der Waals surface area contributed by atoms with E-state index in [4.69, 9.17) is 9.47 Å². The smallest absolute Gasteiger partial charge is 0.225 e. The highest BCUT2D eigenvalue weighted by atomic mass is 32.1. The molecule has 0 fully saturated rings. The molecule has 6 nitrogen and oxygen atoms in total. The first kappa shape index (κ1) is 17.2. The summed E-state index contributed by atoms with van der Waals surface area (Å²) in [6.07, 6.45) is 3.11. The monoisotopic (exact) mass is 358 g/mol. The van der Waals surface area contributed by atoms with Gasteiger partial charge in [-0.25, -0.2) is 4.98 Å². The number of carbonyl (C=O) groups excluding carboxylic acids is 2. The van der Waals surface area contributed by atoms with Crippen molar-refractivity contribution >= 4 is 34.2 Å². The Morgan fingerprint density at radius 2 is 2.04 bits per heavy atom. The second-order valence-electron chi connectivity index (χ2n) is 5.37. The number of benzene rings is 1. The van der Waals surface area contributed by atoms with Gasteiger partial charge in [-0.05, 0) is 37.3 Å². The Kier molecular flexibility index (Phi) is 5.14. The zero-order chi connectivity index (χ0) is 17.8. The number of aromatic nitrogens is 1. The number of nitrogens with zero attached hydrogens (tertiary/aromatic N) is 2. The van der Waals surface area contributed by atoms with Crippen molar-refractivity contribution in [2.24, 2.45) is 0 Å². The average molecular weight is 358 g/mol. The highest BCUT2D eigenvalue weighted by Gasteiger charge is 2.15. The molecule has 25 heavy (non-hydrogen) atoms. The van der Waals surface area contributed by atoms with Gasteiger partial charge in [0, 0.05) is 24.4 Å².